The van der Waals surface area contributed by atoms with Gasteiger partial charge in [-0.05, 0) is 19.4 Å². The molecule has 1 fully saturated rings. The van der Waals surface area contributed by atoms with Crippen LogP contribution in [0.4, 0.5) is 0 Å². The lowest BCUT2D eigenvalue weighted by Crippen LogP contribution is -2.27. The van der Waals surface area contributed by atoms with E-state index in [-0.39, 0.29) is 6.10 Å². The van der Waals surface area contributed by atoms with Gasteiger partial charge in [0.25, 0.3) is 0 Å². The molecule has 1 N–H and O–H groups in total. The van der Waals surface area contributed by atoms with Gasteiger partial charge in [0.2, 0.25) is 0 Å². The molecule has 3 nitrogen and oxygen atoms in total. The normalized spacial score (nSPS) is 29.9. The lowest BCUT2D eigenvalue weighted by molar-refractivity contribution is 0.0660. The van der Waals surface area contributed by atoms with E-state index < -0.39 is 0 Å². The summed E-state index contributed by atoms with van der Waals surface area (Å²) < 4.78 is 10.7. The van der Waals surface area contributed by atoms with Crippen molar-refractivity contribution in [1.82, 2.24) is 5.32 Å². The molecule has 0 spiro atoms. The second-order valence-corrected chi connectivity index (χ2v) is 3.51. The second kappa shape index (κ2) is 3.94. The van der Waals surface area contributed by atoms with Gasteiger partial charge in [0.1, 0.15) is 0 Å². The highest BCUT2D eigenvalue weighted by atomic mass is 16.5. The van der Waals surface area contributed by atoms with Crippen molar-refractivity contribution in [3.8, 4) is 0 Å². The van der Waals surface area contributed by atoms with Crippen LogP contribution in [0.25, 0.3) is 0 Å². The topological polar surface area (TPSA) is 34.4 Å². The summed E-state index contributed by atoms with van der Waals surface area (Å²) in [6, 6.07) is 2.51. The van der Waals surface area contributed by atoms with E-state index in [1.807, 2.05) is 6.07 Å². The van der Waals surface area contributed by atoms with Gasteiger partial charge >= 0.3 is 0 Å². The van der Waals surface area contributed by atoms with E-state index in [0.29, 0.717) is 6.04 Å². The average Bonchev–Trinajstić information content (AvgIpc) is 2.56. The Morgan fingerprint density at radius 2 is 2.46 bits per heavy atom. The molecule has 72 valence electrons. The quantitative estimate of drug-likeness (QED) is 0.716. The van der Waals surface area contributed by atoms with Crippen LogP contribution < -0.4 is 5.32 Å². The molecule has 1 aromatic heterocycles. The van der Waals surface area contributed by atoms with Crippen LogP contribution in [0.5, 0.6) is 0 Å². The standard InChI is InChI=1S/C10H15NO2/c1-8-2-5-13-10(6-11-8)9-3-4-12-7-9/h3-4,7-8,10-11H,2,5-6H2,1H3. The SMILES string of the molecule is CC1CCOC(c2ccoc2)CN1. The van der Waals surface area contributed by atoms with Gasteiger partial charge in [-0.15, -0.1) is 0 Å². The van der Waals surface area contributed by atoms with Crippen molar-refractivity contribution in [3.05, 3.63) is 24.2 Å². The third kappa shape index (κ3) is 2.11. The zero-order valence-corrected chi connectivity index (χ0v) is 7.82. The first-order valence-electron chi connectivity index (χ1n) is 4.73. The molecule has 0 amide bonds. The van der Waals surface area contributed by atoms with E-state index in [0.717, 1.165) is 25.1 Å². The van der Waals surface area contributed by atoms with Crippen molar-refractivity contribution >= 4 is 0 Å². The van der Waals surface area contributed by atoms with Crippen LogP contribution in [-0.4, -0.2) is 19.2 Å². The molecule has 13 heavy (non-hydrogen) atoms. The maximum absolute atomic E-state index is 5.70. The molecular weight excluding hydrogens is 166 g/mol. The van der Waals surface area contributed by atoms with Gasteiger partial charge in [0, 0.05) is 24.8 Å². The lowest BCUT2D eigenvalue weighted by Gasteiger charge is -2.12. The van der Waals surface area contributed by atoms with Crippen molar-refractivity contribution in [2.24, 2.45) is 0 Å². The number of hydrogen-bond acceptors (Lipinski definition) is 3. The van der Waals surface area contributed by atoms with Crippen molar-refractivity contribution < 1.29 is 9.15 Å². The molecule has 2 heterocycles. The Morgan fingerprint density at radius 1 is 1.54 bits per heavy atom. The fourth-order valence-electron chi connectivity index (χ4n) is 1.53. The molecule has 0 aromatic carbocycles. The van der Waals surface area contributed by atoms with Crippen molar-refractivity contribution in [1.29, 1.82) is 0 Å². The maximum Gasteiger partial charge on any atom is 0.0980 e. The van der Waals surface area contributed by atoms with Gasteiger partial charge in [0.05, 0.1) is 18.6 Å². The fourth-order valence-corrected chi connectivity index (χ4v) is 1.53. The average molecular weight is 181 g/mol. The minimum Gasteiger partial charge on any atom is -0.472 e. The first-order chi connectivity index (χ1) is 6.36. The molecule has 2 atom stereocenters. The summed E-state index contributed by atoms with van der Waals surface area (Å²) in [5, 5.41) is 3.42. The van der Waals surface area contributed by atoms with Gasteiger partial charge in [-0.1, -0.05) is 0 Å². The van der Waals surface area contributed by atoms with E-state index in [1.54, 1.807) is 12.5 Å². The largest absolute Gasteiger partial charge is 0.472 e. The molecule has 3 heteroatoms. The Bertz CT molecular complexity index is 245. The molecule has 0 radical (unpaired) electrons. The van der Waals surface area contributed by atoms with E-state index in [4.69, 9.17) is 9.15 Å². The van der Waals surface area contributed by atoms with Crippen LogP contribution in [0, 0.1) is 0 Å². The molecule has 1 aromatic rings. The summed E-state index contributed by atoms with van der Waals surface area (Å²) in [5.74, 6) is 0. The Morgan fingerprint density at radius 3 is 3.23 bits per heavy atom. The molecule has 2 rings (SSSR count). The minimum absolute atomic E-state index is 0.156. The van der Waals surface area contributed by atoms with E-state index in [2.05, 4.69) is 12.2 Å². The monoisotopic (exact) mass is 181 g/mol. The first kappa shape index (κ1) is 8.78. The van der Waals surface area contributed by atoms with E-state index in [1.165, 1.54) is 0 Å². The summed E-state index contributed by atoms with van der Waals surface area (Å²) in [7, 11) is 0. The highest BCUT2D eigenvalue weighted by Gasteiger charge is 2.17. The van der Waals surface area contributed by atoms with Gasteiger partial charge in [-0.3, -0.25) is 0 Å². The molecule has 1 saturated heterocycles. The predicted octanol–water partition coefficient (Wildman–Crippen LogP) is 1.72. The fraction of sp³-hybridized carbons (Fsp3) is 0.600. The van der Waals surface area contributed by atoms with Gasteiger partial charge in [-0.2, -0.15) is 0 Å². The van der Waals surface area contributed by atoms with E-state index in [9.17, 15) is 0 Å². The smallest absolute Gasteiger partial charge is 0.0980 e. The lowest BCUT2D eigenvalue weighted by atomic mass is 10.2. The van der Waals surface area contributed by atoms with Crippen LogP contribution in [-0.2, 0) is 4.74 Å². The molecule has 0 saturated carbocycles. The summed E-state index contributed by atoms with van der Waals surface area (Å²) in [4.78, 5) is 0. The van der Waals surface area contributed by atoms with Crippen LogP contribution in [0.1, 0.15) is 25.0 Å². The number of rotatable bonds is 1. The number of hydrogen-bond donors (Lipinski definition) is 1. The summed E-state index contributed by atoms with van der Waals surface area (Å²) in [5.41, 5.74) is 1.13. The Kier molecular flexibility index (Phi) is 2.66. The molecule has 2 unspecified atom stereocenters. The predicted molar refractivity (Wildman–Crippen MR) is 49.5 cm³/mol. The maximum atomic E-state index is 5.70. The molecule has 0 aliphatic carbocycles. The summed E-state index contributed by atoms with van der Waals surface area (Å²) in [6.07, 6.45) is 4.67. The Labute approximate surface area is 78.1 Å². The number of furan rings is 1. The van der Waals surface area contributed by atoms with Crippen LogP contribution in [0.3, 0.4) is 0 Å². The van der Waals surface area contributed by atoms with Crippen molar-refractivity contribution in [2.45, 2.75) is 25.5 Å². The zero-order valence-electron chi connectivity index (χ0n) is 7.82. The third-order valence-electron chi connectivity index (χ3n) is 2.44. The van der Waals surface area contributed by atoms with Crippen molar-refractivity contribution in [2.75, 3.05) is 13.2 Å². The summed E-state index contributed by atoms with van der Waals surface area (Å²) >= 11 is 0. The van der Waals surface area contributed by atoms with Crippen molar-refractivity contribution in [3.63, 3.8) is 0 Å². The molecule has 0 bridgehead atoms. The second-order valence-electron chi connectivity index (χ2n) is 3.51. The first-order valence-corrected chi connectivity index (χ1v) is 4.73. The zero-order chi connectivity index (χ0) is 9.10. The molecular formula is C10H15NO2. The van der Waals surface area contributed by atoms with Gasteiger partial charge in [-0.25, -0.2) is 0 Å². The van der Waals surface area contributed by atoms with Crippen LogP contribution >= 0.6 is 0 Å². The Balaban J connectivity index is 2.00. The third-order valence-corrected chi connectivity index (χ3v) is 2.44. The molecule has 1 aliphatic rings. The Hall–Kier alpha value is -0.800. The van der Waals surface area contributed by atoms with Gasteiger partial charge < -0.3 is 14.5 Å². The summed E-state index contributed by atoms with van der Waals surface area (Å²) in [6.45, 7) is 3.88. The minimum atomic E-state index is 0.156. The highest BCUT2D eigenvalue weighted by Crippen LogP contribution is 2.19. The van der Waals surface area contributed by atoms with Crippen LogP contribution in [0.15, 0.2) is 23.0 Å². The van der Waals surface area contributed by atoms with Gasteiger partial charge in [0.15, 0.2) is 0 Å². The van der Waals surface area contributed by atoms with E-state index >= 15 is 0 Å². The number of ether oxygens (including phenoxy) is 1. The van der Waals surface area contributed by atoms with Crippen LogP contribution in [0.2, 0.25) is 0 Å². The number of nitrogens with one attached hydrogen (secondary N) is 1. The molecule has 1 aliphatic heterocycles. The highest BCUT2D eigenvalue weighted by molar-refractivity contribution is 5.10.